The molecule has 4 rings (SSSR count). The number of halogens is 2. The Labute approximate surface area is 190 Å². The molecule has 0 atom stereocenters. The molecule has 0 saturated heterocycles. The molecule has 0 radical (unpaired) electrons. The lowest BCUT2D eigenvalue weighted by Gasteiger charge is -2.34. The Bertz CT molecular complexity index is 911. The standard InChI is InChI=1S/C26H37F2N3O/c1-3-30(20-8-5-4-6-9-20)23(32)16-17-31-22-11-7-10-21(25(27)28)24(22)29-26(31)19-14-12-18(2)13-15-19/h7,10-11,18-20,25H,3-6,8-9,12-17H2,1-2H3. The maximum Gasteiger partial charge on any atom is 0.266 e. The minimum absolute atomic E-state index is 0.00426. The predicted octanol–water partition coefficient (Wildman–Crippen LogP) is 6.84. The van der Waals surface area contributed by atoms with Crippen molar-refractivity contribution < 1.29 is 13.6 Å². The van der Waals surface area contributed by atoms with Gasteiger partial charge in [0.05, 0.1) is 11.0 Å². The zero-order valence-corrected chi connectivity index (χ0v) is 19.5. The highest BCUT2D eigenvalue weighted by atomic mass is 19.3. The van der Waals surface area contributed by atoms with Gasteiger partial charge in [-0.3, -0.25) is 4.79 Å². The van der Waals surface area contributed by atoms with Crippen LogP contribution in [0.4, 0.5) is 8.78 Å². The summed E-state index contributed by atoms with van der Waals surface area (Å²) >= 11 is 0. The Kier molecular flexibility index (Phi) is 7.47. The van der Waals surface area contributed by atoms with E-state index in [1.807, 2.05) is 11.0 Å². The van der Waals surface area contributed by atoms with E-state index >= 15 is 0 Å². The maximum atomic E-state index is 13.7. The molecule has 0 aliphatic heterocycles. The number of imidazole rings is 1. The van der Waals surface area contributed by atoms with Gasteiger partial charge in [0, 0.05) is 37.0 Å². The molecule has 1 heterocycles. The highest BCUT2D eigenvalue weighted by molar-refractivity contribution is 5.81. The van der Waals surface area contributed by atoms with E-state index < -0.39 is 6.43 Å². The zero-order valence-electron chi connectivity index (χ0n) is 19.5. The van der Waals surface area contributed by atoms with Crippen molar-refractivity contribution in [3.05, 3.63) is 29.6 Å². The first-order valence-electron chi connectivity index (χ1n) is 12.6. The van der Waals surface area contributed by atoms with Gasteiger partial charge in [0.1, 0.15) is 5.82 Å². The Morgan fingerprint density at radius 3 is 2.50 bits per heavy atom. The van der Waals surface area contributed by atoms with E-state index in [-0.39, 0.29) is 17.4 Å². The third kappa shape index (κ3) is 4.84. The molecule has 1 aromatic heterocycles. The van der Waals surface area contributed by atoms with Crippen molar-refractivity contribution in [1.82, 2.24) is 14.5 Å². The largest absolute Gasteiger partial charge is 0.340 e. The van der Waals surface area contributed by atoms with E-state index in [1.165, 1.54) is 25.3 Å². The molecular weight excluding hydrogens is 408 g/mol. The summed E-state index contributed by atoms with van der Waals surface area (Å²) in [5.74, 6) is 2.05. The lowest BCUT2D eigenvalue weighted by molar-refractivity contribution is -0.134. The van der Waals surface area contributed by atoms with Gasteiger partial charge in [-0.25, -0.2) is 13.8 Å². The number of carbonyl (C=O) groups excluding carboxylic acids is 1. The third-order valence-corrected chi connectivity index (χ3v) is 7.68. The maximum absolute atomic E-state index is 13.7. The van der Waals surface area contributed by atoms with E-state index in [9.17, 15) is 13.6 Å². The van der Waals surface area contributed by atoms with Gasteiger partial charge in [-0.2, -0.15) is 0 Å². The van der Waals surface area contributed by atoms with Gasteiger partial charge in [-0.1, -0.05) is 51.2 Å². The molecule has 2 fully saturated rings. The number of hydrogen-bond donors (Lipinski definition) is 0. The molecule has 0 bridgehead atoms. The first-order valence-corrected chi connectivity index (χ1v) is 12.6. The minimum Gasteiger partial charge on any atom is -0.340 e. The fourth-order valence-electron chi connectivity index (χ4n) is 5.81. The normalized spacial score (nSPS) is 22.5. The molecule has 2 aromatic rings. The Balaban J connectivity index is 1.60. The number of nitrogens with zero attached hydrogens (tertiary/aromatic N) is 3. The molecule has 0 unspecified atom stereocenters. The lowest BCUT2D eigenvalue weighted by atomic mass is 9.82. The summed E-state index contributed by atoms with van der Waals surface area (Å²) in [5.41, 5.74) is 1.14. The van der Waals surface area contributed by atoms with Gasteiger partial charge in [0.25, 0.3) is 6.43 Å². The molecule has 2 aliphatic rings. The number of amides is 1. The number of benzene rings is 1. The van der Waals surface area contributed by atoms with Crippen LogP contribution in [-0.4, -0.2) is 32.9 Å². The first kappa shape index (κ1) is 23.2. The summed E-state index contributed by atoms with van der Waals surface area (Å²) in [4.78, 5) is 20.0. The van der Waals surface area contributed by atoms with Crippen LogP contribution in [0.25, 0.3) is 11.0 Å². The second-order valence-corrected chi connectivity index (χ2v) is 9.82. The molecule has 0 spiro atoms. The summed E-state index contributed by atoms with van der Waals surface area (Å²) in [6.45, 7) is 5.57. The first-order chi connectivity index (χ1) is 15.5. The summed E-state index contributed by atoms with van der Waals surface area (Å²) < 4.78 is 29.5. The predicted molar refractivity (Wildman–Crippen MR) is 124 cm³/mol. The zero-order chi connectivity index (χ0) is 22.7. The summed E-state index contributed by atoms with van der Waals surface area (Å²) in [7, 11) is 0. The van der Waals surface area contributed by atoms with Crippen molar-refractivity contribution in [2.45, 2.75) is 103 Å². The van der Waals surface area contributed by atoms with Gasteiger partial charge in [0.2, 0.25) is 5.91 Å². The molecule has 6 heteroatoms. The molecule has 32 heavy (non-hydrogen) atoms. The van der Waals surface area contributed by atoms with Crippen LogP contribution in [0.15, 0.2) is 18.2 Å². The Hall–Kier alpha value is -1.98. The number of aromatic nitrogens is 2. The summed E-state index contributed by atoms with van der Waals surface area (Å²) in [6.07, 6.45) is 8.03. The van der Waals surface area contributed by atoms with Crippen LogP contribution < -0.4 is 0 Å². The highest BCUT2D eigenvalue weighted by Gasteiger charge is 2.28. The molecule has 4 nitrogen and oxygen atoms in total. The van der Waals surface area contributed by atoms with Crippen LogP contribution in [0.3, 0.4) is 0 Å². The van der Waals surface area contributed by atoms with Crippen molar-refractivity contribution >= 4 is 16.9 Å². The van der Waals surface area contributed by atoms with Crippen molar-refractivity contribution in [1.29, 1.82) is 0 Å². The summed E-state index contributed by atoms with van der Waals surface area (Å²) in [6, 6.07) is 5.40. The van der Waals surface area contributed by atoms with Crippen molar-refractivity contribution in [2.75, 3.05) is 6.54 Å². The van der Waals surface area contributed by atoms with Crippen molar-refractivity contribution in [3.8, 4) is 0 Å². The van der Waals surface area contributed by atoms with E-state index in [2.05, 4.69) is 18.4 Å². The van der Waals surface area contributed by atoms with E-state index in [4.69, 9.17) is 4.98 Å². The molecule has 1 amide bonds. The molecule has 2 aliphatic carbocycles. The van der Waals surface area contributed by atoms with E-state index in [0.717, 1.165) is 56.4 Å². The second kappa shape index (κ2) is 10.3. The van der Waals surface area contributed by atoms with Gasteiger partial charge in [0.15, 0.2) is 0 Å². The second-order valence-electron chi connectivity index (χ2n) is 9.82. The van der Waals surface area contributed by atoms with Gasteiger partial charge < -0.3 is 9.47 Å². The molecule has 176 valence electrons. The number of aryl methyl sites for hydroxylation is 1. The van der Waals surface area contributed by atoms with Crippen LogP contribution >= 0.6 is 0 Å². The summed E-state index contributed by atoms with van der Waals surface area (Å²) in [5, 5.41) is 0. The molecule has 0 N–H and O–H groups in total. The number of rotatable bonds is 7. The number of para-hydroxylation sites is 1. The van der Waals surface area contributed by atoms with Crippen LogP contribution in [0.5, 0.6) is 0 Å². The van der Waals surface area contributed by atoms with Crippen LogP contribution in [-0.2, 0) is 11.3 Å². The lowest BCUT2D eigenvalue weighted by Crippen LogP contribution is -2.41. The smallest absolute Gasteiger partial charge is 0.266 e. The van der Waals surface area contributed by atoms with Crippen molar-refractivity contribution in [3.63, 3.8) is 0 Å². The van der Waals surface area contributed by atoms with Crippen LogP contribution in [0, 0.1) is 5.92 Å². The molecular formula is C26H37F2N3O. The average molecular weight is 446 g/mol. The van der Waals surface area contributed by atoms with Crippen molar-refractivity contribution in [2.24, 2.45) is 5.92 Å². The Morgan fingerprint density at radius 1 is 1.12 bits per heavy atom. The van der Waals surface area contributed by atoms with E-state index in [1.54, 1.807) is 6.07 Å². The van der Waals surface area contributed by atoms with Gasteiger partial charge in [-0.15, -0.1) is 0 Å². The number of hydrogen-bond acceptors (Lipinski definition) is 2. The topological polar surface area (TPSA) is 38.1 Å². The third-order valence-electron chi connectivity index (χ3n) is 7.68. The molecule has 1 aromatic carbocycles. The minimum atomic E-state index is -2.55. The fourth-order valence-corrected chi connectivity index (χ4v) is 5.81. The van der Waals surface area contributed by atoms with Crippen LogP contribution in [0.1, 0.15) is 102 Å². The van der Waals surface area contributed by atoms with Crippen LogP contribution in [0.2, 0.25) is 0 Å². The SMILES string of the molecule is CCN(C(=O)CCn1c(C2CCC(C)CC2)nc2c(C(F)F)cccc21)C1CCCCC1. The van der Waals surface area contributed by atoms with E-state index in [0.29, 0.717) is 30.4 Å². The highest BCUT2D eigenvalue weighted by Crippen LogP contribution is 2.38. The fraction of sp³-hybridized carbons (Fsp3) is 0.692. The number of alkyl halides is 2. The van der Waals surface area contributed by atoms with Gasteiger partial charge in [-0.05, 0) is 44.6 Å². The van der Waals surface area contributed by atoms with Gasteiger partial charge >= 0.3 is 0 Å². The Morgan fingerprint density at radius 2 is 1.84 bits per heavy atom. The number of carbonyl (C=O) groups is 1. The quantitative estimate of drug-likeness (QED) is 0.468. The monoisotopic (exact) mass is 445 g/mol. The molecule has 2 saturated carbocycles. The average Bonchev–Trinajstić information content (AvgIpc) is 3.18. The number of fused-ring (bicyclic) bond motifs is 1.